The number of hydrogen-bond donors (Lipinski definition) is 0. The molecule has 16 rings (SSSR count). The molecule has 0 atom stereocenters. The smallest absolute Gasteiger partial charge is 0.164 e. The molecule has 0 amide bonds. The molecule has 76 heavy (non-hydrogen) atoms. The van der Waals surface area contributed by atoms with E-state index in [4.69, 9.17) is 23.8 Å². The molecule has 0 aliphatic heterocycles. The summed E-state index contributed by atoms with van der Waals surface area (Å²) >= 11 is 1.84. The Morgan fingerprint density at radius 3 is 1.58 bits per heavy atom. The summed E-state index contributed by atoms with van der Waals surface area (Å²) in [6.45, 7) is 0. The molecule has 5 heterocycles. The number of para-hydroxylation sites is 4. The van der Waals surface area contributed by atoms with Gasteiger partial charge >= 0.3 is 0 Å². The number of thiophene rings is 1. The van der Waals surface area contributed by atoms with E-state index < -0.39 is 0 Å². The minimum atomic E-state index is 0.571. The van der Waals surface area contributed by atoms with Crippen LogP contribution in [-0.4, -0.2) is 19.5 Å². The van der Waals surface area contributed by atoms with Crippen molar-refractivity contribution in [3.8, 4) is 73.2 Å². The molecule has 7 heteroatoms. The second-order valence-electron chi connectivity index (χ2n) is 19.5. The van der Waals surface area contributed by atoms with Gasteiger partial charge < -0.3 is 13.4 Å². The summed E-state index contributed by atoms with van der Waals surface area (Å²) in [4.78, 5) is 15.5. The molecule has 0 radical (unpaired) electrons. The summed E-state index contributed by atoms with van der Waals surface area (Å²) in [6.07, 6.45) is 0. The summed E-state index contributed by atoms with van der Waals surface area (Å²) in [5, 5.41) is 9.14. The first kappa shape index (κ1) is 42.5. The van der Waals surface area contributed by atoms with Gasteiger partial charge in [-0.25, -0.2) is 15.0 Å². The van der Waals surface area contributed by atoms with Gasteiger partial charge in [0.25, 0.3) is 0 Å². The maximum Gasteiger partial charge on any atom is 0.164 e. The maximum atomic E-state index is 6.61. The van der Waals surface area contributed by atoms with Gasteiger partial charge in [-0.15, -0.1) is 11.3 Å². The lowest BCUT2D eigenvalue weighted by Gasteiger charge is -2.10. The summed E-state index contributed by atoms with van der Waals surface area (Å²) in [5.74, 6) is 1.75. The van der Waals surface area contributed by atoms with Gasteiger partial charge in [-0.05, 0) is 107 Å². The second kappa shape index (κ2) is 16.8. The van der Waals surface area contributed by atoms with Crippen LogP contribution in [0.3, 0.4) is 0 Å². The minimum Gasteiger partial charge on any atom is -0.456 e. The van der Waals surface area contributed by atoms with E-state index in [0.717, 1.165) is 88.5 Å². The fourth-order valence-corrected chi connectivity index (χ4v) is 12.5. The van der Waals surface area contributed by atoms with Crippen molar-refractivity contribution < 1.29 is 8.83 Å². The second-order valence-corrected chi connectivity index (χ2v) is 20.5. The molecule has 0 aliphatic rings. The van der Waals surface area contributed by atoms with E-state index in [1.807, 2.05) is 65.9 Å². The highest BCUT2D eigenvalue weighted by molar-refractivity contribution is 7.25. The molecule has 0 aliphatic carbocycles. The molecule has 0 bridgehead atoms. The Balaban J connectivity index is 0.786. The average Bonchev–Trinajstić information content (AvgIpc) is 4.30. The van der Waals surface area contributed by atoms with Crippen LogP contribution in [0.2, 0.25) is 0 Å². The zero-order valence-electron chi connectivity index (χ0n) is 40.6. The minimum absolute atomic E-state index is 0.571. The van der Waals surface area contributed by atoms with Crippen molar-refractivity contribution >= 4 is 97.2 Å². The number of fused-ring (bicyclic) bond motifs is 12. The van der Waals surface area contributed by atoms with E-state index in [2.05, 4.69) is 193 Å². The average molecular weight is 989 g/mol. The molecule has 0 spiro atoms. The Labute approximate surface area is 439 Å². The highest BCUT2D eigenvalue weighted by Crippen LogP contribution is 2.43. The van der Waals surface area contributed by atoms with Crippen molar-refractivity contribution in [1.82, 2.24) is 19.5 Å². The van der Waals surface area contributed by atoms with E-state index in [0.29, 0.717) is 17.5 Å². The van der Waals surface area contributed by atoms with Crippen LogP contribution in [0.4, 0.5) is 0 Å². The van der Waals surface area contributed by atoms with Crippen molar-refractivity contribution in [2.24, 2.45) is 0 Å². The first-order valence-corrected chi connectivity index (χ1v) is 26.3. The highest BCUT2D eigenvalue weighted by Gasteiger charge is 2.21. The van der Waals surface area contributed by atoms with Gasteiger partial charge in [0, 0.05) is 80.4 Å². The van der Waals surface area contributed by atoms with Crippen LogP contribution in [0, 0.1) is 0 Å². The molecular formula is C69H40N4O2S. The Hall–Kier alpha value is -9.95. The lowest BCUT2D eigenvalue weighted by Crippen LogP contribution is -2.00. The Bertz CT molecular complexity index is 4990. The molecule has 0 N–H and O–H groups in total. The van der Waals surface area contributed by atoms with E-state index in [1.165, 1.54) is 53.1 Å². The first-order valence-electron chi connectivity index (χ1n) is 25.5. The SMILES string of the molecule is c1ccc(-c2nc(-c3ccc(-c4cccc5c4oc4ccccc45)cc3)nc(-c3cccc4oc5ccc(-c6ccc7sc8ccc(-c9ccc%10c(c9)c9ccccc9n%10-c9ccccc9)cc8c7c6)cc5c34)n2)cc1. The summed E-state index contributed by atoms with van der Waals surface area (Å²) in [5.41, 5.74) is 16.2. The molecule has 354 valence electrons. The predicted molar refractivity (Wildman–Crippen MR) is 314 cm³/mol. The molecule has 5 aromatic heterocycles. The summed E-state index contributed by atoms with van der Waals surface area (Å²) in [7, 11) is 0. The summed E-state index contributed by atoms with van der Waals surface area (Å²) < 4.78 is 17.9. The summed E-state index contributed by atoms with van der Waals surface area (Å²) in [6, 6.07) is 85.8. The number of benzene rings is 11. The van der Waals surface area contributed by atoms with E-state index in [9.17, 15) is 0 Å². The third-order valence-corrected chi connectivity index (χ3v) is 16.2. The fraction of sp³-hybridized carbons (Fsp3) is 0. The molecule has 6 nitrogen and oxygen atoms in total. The van der Waals surface area contributed by atoms with Gasteiger partial charge in [0.1, 0.15) is 22.3 Å². The Morgan fingerprint density at radius 2 is 0.816 bits per heavy atom. The molecule has 0 saturated heterocycles. The van der Waals surface area contributed by atoms with Crippen LogP contribution in [-0.2, 0) is 0 Å². The van der Waals surface area contributed by atoms with Gasteiger partial charge in [-0.1, -0.05) is 164 Å². The molecular weight excluding hydrogens is 949 g/mol. The largest absolute Gasteiger partial charge is 0.456 e. The van der Waals surface area contributed by atoms with Crippen LogP contribution >= 0.6 is 11.3 Å². The van der Waals surface area contributed by atoms with E-state index in [1.54, 1.807) is 0 Å². The van der Waals surface area contributed by atoms with Gasteiger partial charge in [0.05, 0.1) is 11.0 Å². The standard InChI is InChI=1S/C69H40N4O2S/c1-3-13-42(14-4-1)67-70-68(43-27-25-41(26-28-43)49-19-11-20-52-51-18-8-10-23-60(51)75-66(49)52)72-69(71-67)53-21-12-24-62-65(53)57-40-45(30-34-61(57)74-62)47-32-36-64-56(39-47)55-38-46(31-35-63(55)76-64)44-29-33-59-54(37-44)50-17-7-9-22-58(50)73(59)48-15-5-2-6-16-48/h1-40H. The van der Waals surface area contributed by atoms with Crippen molar-refractivity contribution in [1.29, 1.82) is 0 Å². The van der Waals surface area contributed by atoms with Crippen LogP contribution in [0.1, 0.15) is 0 Å². The monoisotopic (exact) mass is 988 g/mol. The Kier molecular flexibility index (Phi) is 9.40. The van der Waals surface area contributed by atoms with E-state index >= 15 is 0 Å². The van der Waals surface area contributed by atoms with Gasteiger partial charge in [0.15, 0.2) is 17.5 Å². The third kappa shape index (κ3) is 6.76. The van der Waals surface area contributed by atoms with Crippen molar-refractivity contribution in [2.75, 3.05) is 0 Å². The number of furan rings is 2. The molecule has 0 unspecified atom stereocenters. The number of aromatic nitrogens is 4. The fourth-order valence-electron chi connectivity index (χ4n) is 11.5. The quantitative estimate of drug-likeness (QED) is 0.159. The van der Waals surface area contributed by atoms with Crippen LogP contribution in [0.15, 0.2) is 251 Å². The van der Waals surface area contributed by atoms with Crippen molar-refractivity contribution in [3.05, 3.63) is 243 Å². The van der Waals surface area contributed by atoms with Crippen LogP contribution in [0.5, 0.6) is 0 Å². The zero-order chi connectivity index (χ0) is 49.8. The van der Waals surface area contributed by atoms with Crippen molar-refractivity contribution in [3.63, 3.8) is 0 Å². The molecule has 0 saturated carbocycles. The zero-order valence-corrected chi connectivity index (χ0v) is 41.4. The third-order valence-electron chi connectivity index (χ3n) is 15.1. The van der Waals surface area contributed by atoms with E-state index in [-0.39, 0.29) is 0 Å². The number of rotatable bonds is 7. The molecule has 16 aromatic rings. The number of nitrogens with zero attached hydrogens (tertiary/aromatic N) is 4. The van der Waals surface area contributed by atoms with Gasteiger partial charge in [0.2, 0.25) is 0 Å². The van der Waals surface area contributed by atoms with Crippen LogP contribution < -0.4 is 0 Å². The lowest BCUT2D eigenvalue weighted by molar-refractivity contribution is 0.669. The maximum absolute atomic E-state index is 6.61. The van der Waals surface area contributed by atoms with Gasteiger partial charge in [-0.2, -0.15) is 0 Å². The normalized spacial score (nSPS) is 11.9. The molecule has 11 aromatic carbocycles. The topological polar surface area (TPSA) is 69.9 Å². The number of hydrogen-bond acceptors (Lipinski definition) is 6. The molecule has 0 fully saturated rings. The van der Waals surface area contributed by atoms with Crippen molar-refractivity contribution in [2.45, 2.75) is 0 Å². The highest BCUT2D eigenvalue weighted by atomic mass is 32.1. The van der Waals surface area contributed by atoms with Crippen LogP contribution in [0.25, 0.3) is 159 Å². The van der Waals surface area contributed by atoms with Gasteiger partial charge in [-0.3, -0.25) is 0 Å². The first-order chi connectivity index (χ1) is 37.6. The Morgan fingerprint density at radius 1 is 0.303 bits per heavy atom. The lowest BCUT2D eigenvalue weighted by atomic mass is 9.98. The predicted octanol–water partition coefficient (Wildman–Crippen LogP) is 19.1.